The molecular formula is C13H18FNO. The summed E-state index contributed by atoms with van der Waals surface area (Å²) >= 11 is 0. The standard InChI is InChI=1S/C13H18FNO/c1-3-10-8-15-9(2)13(16-10)11-6-4-5-7-12(11)14/h4-7,9-10,13,15H,3,8H2,1-2H3. The number of hydrogen-bond acceptors (Lipinski definition) is 2. The van der Waals surface area contributed by atoms with Crippen molar-refractivity contribution in [3.05, 3.63) is 35.6 Å². The van der Waals surface area contributed by atoms with Gasteiger partial charge in [-0.15, -0.1) is 0 Å². The minimum Gasteiger partial charge on any atom is -0.367 e. The van der Waals surface area contributed by atoms with E-state index in [1.165, 1.54) is 6.07 Å². The monoisotopic (exact) mass is 223 g/mol. The Bertz CT molecular complexity index is 356. The number of morpholine rings is 1. The maximum Gasteiger partial charge on any atom is 0.129 e. The lowest BCUT2D eigenvalue weighted by atomic mass is 10.00. The largest absolute Gasteiger partial charge is 0.367 e. The average molecular weight is 223 g/mol. The summed E-state index contributed by atoms with van der Waals surface area (Å²) in [5.41, 5.74) is 0.653. The summed E-state index contributed by atoms with van der Waals surface area (Å²) in [6.45, 7) is 4.96. The normalized spacial score (nSPS) is 30.3. The molecule has 3 unspecified atom stereocenters. The van der Waals surface area contributed by atoms with Crippen molar-refractivity contribution in [2.45, 2.75) is 38.5 Å². The first-order chi connectivity index (χ1) is 7.72. The van der Waals surface area contributed by atoms with Crippen molar-refractivity contribution in [3.8, 4) is 0 Å². The van der Waals surface area contributed by atoms with Crippen LogP contribution in [0.1, 0.15) is 31.9 Å². The maximum atomic E-state index is 13.7. The Hall–Kier alpha value is -0.930. The van der Waals surface area contributed by atoms with Gasteiger partial charge in [-0.2, -0.15) is 0 Å². The van der Waals surface area contributed by atoms with E-state index < -0.39 is 0 Å². The second kappa shape index (κ2) is 4.93. The molecule has 2 rings (SSSR count). The Balaban J connectivity index is 2.21. The first-order valence-electron chi connectivity index (χ1n) is 5.85. The quantitative estimate of drug-likeness (QED) is 0.832. The molecule has 1 N–H and O–H groups in total. The molecule has 0 aromatic heterocycles. The third-order valence-corrected chi connectivity index (χ3v) is 3.13. The van der Waals surface area contributed by atoms with E-state index in [0.29, 0.717) is 5.56 Å². The van der Waals surface area contributed by atoms with Gasteiger partial charge in [-0.25, -0.2) is 4.39 Å². The first kappa shape index (κ1) is 11.6. The molecule has 1 aromatic rings. The second-order valence-electron chi connectivity index (χ2n) is 4.31. The van der Waals surface area contributed by atoms with Crippen molar-refractivity contribution in [2.24, 2.45) is 0 Å². The molecule has 0 bridgehead atoms. The van der Waals surface area contributed by atoms with Crippen molar-refractivity contribution < 1.29 is 9.13 Å². The molecular weight excluding hydrogens is 205 g/mol. The van der Waals surface area contributed by atoms with Gasteiger partial charge in [0.05, 0.1) is 6.10 Å². The Labute approximate surface area is 95.8 Å². The summed E-state index contributed by atoms with van der Waals surface area (Å²) in [6.07, 6.45) is 0.950. The first-order valence-corrected chi connectivity index (χ1v) is 5.85. The molecule has 1 fully saturated rings. The van der Waals surface area contributed by atoms with Crippen molar-refractivity contribution in [3.63, 3.8) is 0 Å². The van der Waals surface area contributed by atoms with Crippen LogP contribution in [-0.2, 0) is 4.74 Å². The lowest BCUT2D eigenvalue weighted by Crippen LogP contribution is -2.46. The molecule has 1 saturated heterocycles. The molecule has 1 aromatic carbocycles. The van der Waals surface area contributed by atoms with Crippen LogP contribution in [0, 0.1) is 5.82 Å². The minimum atomic E-state index is -0.182. The molecule has 0 spiro atoms. The van der Waals surface area contributed by atoms with E-state index in [2.05, 4.69) is 12.2 Å². The van der Waals surface area contributed by atoms with Gasteiger partial charge in [0.1, 0.15) is 11.9 Å². The van der Waals surface area contributed by atoms with Gasteiger partial charge in [-0.05, 0) is 19.4 Å². The van der Waals surface area contributed by atoms with E-state index >= 15 is 0 Å². The van der Waals surface area contributed by atoms with Crippen LogP contribution in [0.3, 0.4) is 0 Å². The highest BCUT2D eigenvalue weighted by molar-refractivity contribution is 5.21. The summed E-state index contributed by atoms with van der Waals surface area (Å²) in [4.78, 5) is 0. The third-order valence-electron chi connectivity index (χ3n) is 3.13. The van der Waals surface area contributed by atoms with Crippen LogP contribution in [0.5, 0.6) is 0 Å². The van der Waals surface area contributed by atoms with Gasteiger partial charge in [0.15, 0.2) is 0 Å². The number of ether oxygens (including phenoxy) is 1. The fourth-order valence-electron chi connectivity index (χ4n) is 2.09. The lowest BCUT2D eigenvalue weighted by Gasteiger charge is -2.35. The summed E-state index contributed by atoms with van der Waals surface area (Å²) in [5.74, 6) is -0.182. The molecule has 2 nitrogen and oxygen atoms in total. The zero-order valence-electron chi connectivity index (χ0n) is 9.74. The van der Waals surface area contributed by atoms with E-state index in [9.17, 15) is 4.39 Å². The molecule has 0 aliphatic carbocycles. The van der Waals surface area contributed by atoms with Crippen LogP contribution in [0.2, 0.25) is 0 Å². The van der Waals surface area contributed by atoms with Gasteiger partial charge in [0, 0.05) is 18.2 Å². The highest BCUT2D eigenvalue weighted by Gasteiger charge is 2.29. The number of hydrogen-bond donors (Lipinski definition) is 1. The highest BCUT2D eigenvalue weighted by atomic mass is 19.1. The molecule has 1 aliphatic heterocycles. The zero-order chi connectivity index (χ0) is 11.5. The van der Waals surface area contributed by atoms with Crippen LogP contribution in [-0.4, -0.2) is 18.7 Å². The van der Waals surface area contributed by atoms with Crippen LogP contribution >= 0.6 is 0 Å². The minimum absolute atomic E-state index is 0.153. The lowest BCUT2D eigenvalue weighted by molar-refractivity contribution is -0.0636. The van der Waals surface area contributed by atoms with Gasteiger partial charge in [-0.3, -0.25) is 0 Å². The highest BCUT2D eigenvalue weighted by Crippen LogP contribution is 2.28. The molecule has 0 amide bonds. The number of nitrogens with one attached hydrogen (secondary N) is 1. The van der Waals surface area contributed by atoms with Crippen molar-refractivity contribution in [1.29, 1.82) is 0 Å². The molecule has 0 saturated carbocycles. The molecule has 3 heteroatoms. The third kappa shape index (κ3) is 2.25. The van der Waals surface area contributed by atoms with E-state index in [0.717, 1.165) is 13.0 Å². The van der Waals surface area contributed by atoms with Gasteiger partial charge in [0.2, 0.25) is 0 Å². The fourth-order valence-corrected chi connectivity index (χ4v) is 2.09. The number of benzene rings is 1. The Kier molecular flexibility index (Phi) is 3.56. The van der Waals surface area contributed by atoms with E-state index in [1.807, 2.05) is 13.0 Å². The van der Waals surface area contributed by atoms with E-state index in [-0.39, 0.29) is 24.1 Å². The molecule has 3 atom stereocenters. The predicted molar refractivity (Wildman–Crippen MR) is 61.8 cm³/mol. The summed E-state index contributed by atoms with van der Waals surface area (Å²) in [6, 6.07) is 7.00. The Morgan fingerprint density at radius 2 is 2.19 bits per heavy atom. The van der Waals surface area contributed by atoms with Gasteiger partial charge in [0.25, 0.3) is 0 Å². The summed E-state index contributed by atoms with van der Waals surface area (Å²) in [5, 5.41) is 3.37. The number of halogens is 1. The average Bonchev–Trinajstić information content (AvgIpc) is 2.31. The summed E-state index contributed by atoms with van der Waals surface area (Å²) < 4.78 is 19.6. The summed E-state index contributed by atoms with van der Waals surface area (Å²) in [7, 11) is 0. The predicted octanol–water partition coefficient (Wildman–Crippen LogP) is 2.65. The molecule has 88 valence electrons. The maximum absolute atomic E-state index is 13.7. The number of rotatable bonds is 2. The Morgan fingerprint density at radius 1 is 1.44 bits per heavy atom. The SMILES string of the molecule is CCC1CNC(C)C(c2ccccc2F)O1. The van der Waals surface area contributed by atoms with Crippen LogP contribution in [0.4, 0.5) is 4.39 Å². The Morgan fingerprint density at radius 3 is 2.88 bits per heavy atom. The fraction of sp³-hybridized carbons (Fsp3) is 0.538. The van der Waals surface area contributed by atoms with E-state index in [4.69, 9.17) is 4.74 Å². The molecule has 0 radical (unpaired) electrons. The van der Waals surface area contributed by atoms with E-state index in [1.54, 1.807) is 12.1 Å². The van der Waals surface area contributed by atoms with Gasteiger partial charge < -0.3 is 10.1 Å². The van der Waals surface area contributed by atoms with Crippen LogP contribution in [0.25, 0.3) is 0 Å². The van der Waals surface area contributed by atoms with Gasteiger partial charge in [-0.1, -0.05) is 25.1 Å². The topological polar surface area (TPSA) is 21.3 Å². The smallest absolute Gasteiger partial charge is 0.129 e. The molecule has 16 heavy (non-hydrogen) atoms. The molecule has 1 heterocycles. The van der Waals surface area contributed by atoms with Crippen LogP contribution < -0.4 is 5.32 Å². The van der Waals surface area contributed by atoms with Crippen molar-refractivity contribution in [2.75, 3.05) is 6.54 Å². The molecule has 1 aliphatic rings. The zero-order valence-corrected chi connectivity index (χ0v) is 9.74. The van der Waals surface area contributed by atoms with Gasteiger partial charge >= 0.3 is 0 Å². The van der Waals surface area contributed by atoms with Crippen molar-refractivity contribution >= 4 is 0 Å². The second-order valence-corrected chi connectivity index (χ2v) is 4.31. The van der Waals surface area contributed by atoms with Crippen LogP contribution in [0.15, 0.2) is 24.3 Å². The van der Waals surface area contributed by atoms with Crippen molar-refractivity contribution in [1.82, 2.24) is 5.32 Å².